The lowest BCUT2D eigenvalue weighted by molar-refractivity contribution is 0.216. The molecule has 0 unspecified atom stereocenters. The topological polar surface area (TPSA) is 64.8 Å². The lowest BCUT2D eigenvalue weighted by Crippen LogP contribution is -2.29. The summed E-state index contributed by atoms with van der Waals surface area (Å²) in [5.74, 6) is 0.743. The van der Waals surface area contributed by atoms with E-state index in [9.17, 15) is 4.79 Å². The molecule has 0 atom stereocenters. The first-order valence-electron chi connectivity index (χ1n) is 4.70. The minimum atomic E-state index is -0.216. The highest BCUT2D eigenvalue weighted by molar-refractivity contribution is 4.81. The van der Waals surface area contributed by atoms with Crippen LogP contribution < -0.4 is 5.69 Å². The van der Waals surface area contributed by atoms with Gasteiger partial charge >= 0.3 is 5.69 Å². The molecule has 1 fully saturated rings. The van der Waals surface area contributed by atoms with Crippen LogP contribution in [0.4, 0.5) is 0 Å². The molecule has 0 aliphatic carbocycles. The van der Waals surface area contributed by atoms with Gasteiger partial charge in [-0.25, -0.2) is 9.89 Å². The maximum Gasteiger partial charge on any atom is 0.340 e. The Hall–Kier alpha value is -1.10. The first-order valence-corrected chi connectivity index (χ1v) is 4.70. The van der Waals surface area contributed by atoms with Gasteiger partial charge in [-0.15, -0.1) is 0 Å². The fraction of sp³-hybridized carbons (Fsp3) is 0.750. The number of aromatic amines is 2. The second-order valence-electron chi connectivity index (χ2n) is 3.46. The molecule has 72 valence electrons. The molecule has 1 aliphatic rings. The number of hydrogen-bond acceptors (Lipinski definition) is 3. The average Bonchev–Trinajstić information content (AvgIpc) is 2.53. The molecule has 1 aliphatic heterocycles. The molecule has 5 heteroatoms. The van der Waals surface area contributed by atoms with Gasteiger partial charge in [-0.2, -0.15) is 5.10 Å². The molecule has 1 aromatic heterocycles. The molecular weight excluding hydrogens is 168 g/mol. The second kappa shape index (κ2) is 3.74. The molecule has 1 aromatic rings. The van der Waals surface area contributed by atoms with Crippen molar-refractivity contribution in [2.24, 2.45) is 0 Å². The van der Waals surface area contributed by atoms with E-state index in [0.29, 0.717) is 0 Å². The molecule has 0 saturated carbocycles. The minimum absolute atomic E-state index is 0.216. The van der Waals surface area contributed by atoms with Crippen molar-refractivity contribution in [3.63, 3.8) is 0 Å². The van der Waals surface area contributed by atoms with Gasteiger partial charge in [0.25, 0.3) is 0 Å². The van der Waals surface area contributed by atoms with Crippen molar-refractivity contribution in [2.45, 2.75) is 25.8 Å². The number of rotatable bonds is 2. The zero-order valence-corrected chi connectivity index (χ0v) is 7.55. The quantitative estimate of drug-likeness (QED) is 0.681. The van der Waals surface area contributed by atoms with Crippen molar-refractivity contribution in [3.05, 3.63) is 16.3 Å². The monoisotopic (exact) mass is 182 g/mol. The summed E-state index contributed by atoms with van der Waals surface area (Å²) in [4.78, 5) is 15.7. The third-order valence-corrected chi connectivity index (χ3v) is 2.37. The third kappa shape index (κ3) is 2.18. The summed E-state index contributed by atoms with van der Waals surface area (Å²) >= 11 is 0. The fourth-order valence-corrected chi connectivity index (χ4v) is 1.71. The van der Waals surface area contributed by atoms with Gasteiger partial charge in [0.2, 0.25) is 0 Å². The highest BCUT2D eigenvalue weighted by Gasteiger charge is 2.11. The first-order chi connectivity index (χ1) is 6.34. The minimum Gasteiger partial charge on any atom is -0.296 e. The summed E-state index contributed by atoms with van der Waals surface area (Å²) in [6.07, 6.45) is 3.84. The Bertz CT molecular complexity index is 310. The molecule has 0 spiro atoms. The van der Waals surface area contributed by atoms with Crippen LogP contribution in [-0.4, -0.2) is 33.2 Å². The van der Waals surface area contributed by atoms with Crippen LogP contribution in [0.1, 0.15) is 25.1 Å². The highest BCUT2D eigenvalue weighted by atomic mass is 16.1. The summed E-state index contributed by atoms with van der Waals surface area (Å²) in [6.45, 7) is 3.00. The van der Waals surface area contributed by atoms with Gasteiger partial charge in [-0.1, -0.05) is 6.42 Å². The summed E-state index contributed by atoms with van der Waals surface area (Å²) in [5.41, 5.74) is -0.216. The zero-order valence-electron chi connectivity index (χ0n) is 7.55. The van der Waals surface area contributed by atoms with Crippen LogP contribution >= 0.6 is 0 Å². The van der Waals surface area contributed by atoms with E-state index < -0.39 is 0 Å². The first kappa shape index (κ1) is 8.50. The Labute approximate surface area is 76.2 Å². The summed E-state index contributed by atoms with van der Waals surface area (Å²) in [7, 11) is 0. The maximum absolute atomic E-state index is 10.7. The van der Waals surface area contributed by atoms with E-state index in [1.807, 2.05) is 0 Å². The Morgan fingerprint density at radius 1 is 1.31 bits per heavy atom. The molecule has 5 nitrogen and oxygen atoms in total. The van der Waals surface area contributed by atoms with Gasteiger partial charge in [0.15, 0.2) is 0 Å². The maximum atomic E-state index is 10.7. The lowest BCUT2D eigenvalue weighted by atomic mass is 10.1. The number of H-pyrrole nitrogens is 2. The smallest absolute Gasteiger partial charge is 0.296 e. The molecule has 2 N–H and O–H groups in total. The van der Waals surface area contributed by atoms with E-state index in [0.717, 1.165) is 25.5 Å². The average molecular weight is 182 g/mol. The molecule has 0 amide bonds. The summed E-state index contributed by atoms with van der Waals surface area (Å²) < 4.78 is 0. The molecule has 2 rings (SSSR count). The molecule has 13 heavy (non-hydrogen) atoms. The number of nitrogens with zero attached hydrogens (tertiary/aromatic N) is 2. The zero-order chi connectivity index (χ0) is 9.10. The Balaban J connectivity index is 1.93. The molecule has 0 aromatic carbocycles. The predicted molar refractivity (Wildman–Crippen MR) is 48.3 cm³/mol. The van der Waals surface area contributed by atoms with E-state index in [4.69, 9.17) is 0 Å². The Morgan fingerprint density at radius 2 is 2.08 bits per heavy atom. The van der Waals surface area contributed by atoms with E-state index >= 15 is 0 Å². The normalized spacial score (nSPS) is 19.1. The molecular formula is C8H14N4O. The van der Waals surface area contributed by atoms with Crippen LogP contribution in [-0.2, 0) is 6.54 Å². The SMILES string of the molecule is O=c1[nH]nc(CN2CCCCC2)[nH]1. The number of nitrogens with one attached hydrogen (secondary N) is 2. The fourth-order valence-electron chi connectivity index (χ4n) is 1.71. The molecule has 0 bridgehead atoms. The highest BCUT2D eigenvalue weighted by Crippen LogP contribution is 2.09. The van der Waals surface area contributed by atoms with E-state index in [-0.39, 0.29) is 5.69 Å². The van der Waals surface area contributed by atoms with Crippen LogP contribution in [0.3, 0.4) is 0 Å². The summed E-state index contributed by atoms with van der Waals surface area (Å²) in [5, 5.41) is 6.25. The van der Waals surface area contributed by atoms with Crippen LogP contribution in [0.25, 0.3) is 0 Å². The van der Waals surface area contributed by atoms with Crippen molar-refractivity contribution in [3.8, 4) is 0 Å². The molecule has 2 heterocycles. The van der Waals surface area contributed by atoms with Crippen molar-refractivity contribution >= 4 is 0 Å². The van der Waals surface area contributed by atoms with Gasteiger partial charge in [-0.05, 0) is 25.9 Å². The van der Waals surface area contributed by atoms with Crippen molar-refractivity contribution in [1.29, 1.82) is 0 Å². The van der Waals surface area contributed by atoms with E-state index in [2.05, 4.69) is 20.1 Å². The van der Waals surface area contributed by atoms with E-state index in [1.54, 1.807) is 0 Å². The van der Waals surface area contributed by atoms with Gasteiger partial charge in [0.1, 0.15) is 5.82 Å². The predicted octanol–water partition coefficient (Wildman–Crippen LogP) is 0.0839. The van der Waals surface area contributed by atoms with Crippen LogP contribution in [0, 0.1) is 0 Å². The van der Waals surface area contributed by atoms with Gasteiger partial charge < -0.3 is 0 Å². The van der Waals surface area contributed by atoms with E-state index in [1.165, 1.54) is 19.3 Å². The third-order valence-electron chi connectivity index (χ3n) is 2.37. The largest absolute Gasteiger partial charge is 0.340 e. The van der Waals surface area contributed by atoms with Crippen LogP contribution in [0.2, 0.25) is 0 Å². The van der Waals surface area contributed by atoms with Gasteiger partial charge in [0.05, 0.1) is 6.54 Å². The number of likely N-dealkylation sites (tertiary alicyclic amines) is 1. The van der Waals surface area contributed by atoms with Gasteiger partial charge in [0, 0.05) is 0 Å². The van der Waals surface area contributed by atoms with Crippen LogP contribution in [0.15, 0.2) is 4.79 Å². The van der Waals surface area contributed by atoms with Crippen molar-refractivity contribution in [1.82, 2.24) is 20.1 Å². The number of aromatic nitrogens is 3. The van der Waals surface area contributed by atoms with Crippen LogP contribution in [0.5, 0.6) is 0 Å². The standard InChI is InChI=1S/C8H14N4O/c13-8-9-7(10-11-8)6-12-4-2-1-3-5-12/h1-6H2,(H2,9,10,11,13). The number of hydrogen-bond donors (Lipinski definition) is 2. The Morgan fingerprint density at radius 3 is 2.69 bits per heavy atom. The second-order valence-corrected chi connectivity index (χ2v) is 3.46. The number of piperidine rings is 1. The summed E-state index contributed by atoms with van der Waals surface area (Å²) in [6, 6.07) is 0. The molecule has 1 saturated heterocycles. The van der Waals surface area contributed by atoms with Crippen molar-refractivity contribution < 1.29 is 0 Å². The lowest BCUT2D eigenvalue weighted by Gasteiger charge is -2.24. The van der Waals surface area contributed by atoms with Crippen molar-refractivity contribution in [2.75, 3.05) is 13.1 Å². The Kier molecular flexibility index (Phi) is 2.44. The molecule has 0 radical (unpaired) electrons. The van der Waals surface area contributed by atoms with Gasteiger partial charge in [-0.3, -0.25) is 9.88 Å².